The summed E-state index contributed by atoms with van der Waals surface area (Å²) in [5.41, 5.74) is 0.0641. The first-order valence-electron chi connectivity index (χ1n) is 8.04. The van der Waals surface area contributed by atoms with Crippen molar-refractivity contribution in [2.45, 2.75) is 6.42 Å². The van der Waals surface area contributed by atoms with Gasteiger partial charge in [-0.1, -0.05) is 0 Å². The van der Waals surface area contributed by atoms with Crippen molar-refractivity contribution in [3.63, 3.8) is 0 Å². The van der Waals surface area contributed by atoms with Crippen LogP contribution in [0.1, 0.15) is 17.5 Å². The first-order chi connectivity index (χ1) is 13.7. The Morgan fingerprint density at radius 2 is 1.21 bits per heavy atom. The third kappa shape index (κ3) is 6.06. The maximum atomic E-state index is 10.9. The van der Waals surface area contributed by atoms with Crippen LogP contribution in [0.4, 0.5) is 11.4 Å². The molecule has 0 saturated carbocycles. The Balaban J connectivity index is 1.95. The molecule has 10 nitrogen and oxygen atoms in total. The summed E-state index contributed by atoms with van der Waals surface area (Å²) in [5.74, 6) is -0.298. The van der Waals surface area contributed by atoms with Crippen LogP contribution in [-0.4, -0.2) is 45.6 Å². The largest absolute Gasteiger partial charge is 0.506 e. The first-order valence-corrected chi connectivity index (χ1v) is 9.62. The summed E-state index contributed by atoms with van der Waals surface area (Å²) in [5, 5.41) is 41.6. The fourth-order valence-corrected chi connectivity index (χ4v) is 3.12. The summed E-state index contributed by atoms with van der Waals surface area (Å²) < 4.78 is 0.390. The quantitative estimate of drug-likeness (QED) is 0.224. The molecule has 0 bridgehead atoms. The molecule has 152 valence electrons. The third-order valence-electron chi connectivity index (χ3n) is 3.61. The van der Waals surface area contributed by atoms with Gasteiger partial charge in [-0.25, -0.2) is 0 Å². The zero-order chi connectivity index (χ0) is 21.6. The maximum absolute atomic E-state index is 10.9. The molecule has 0 heterocycles. The Hall–Kier alpha value is -2.86. The molecule has 0 atom stereocenters. The fourth-order valence-electron chi connectivity index (χ4n) is 2.20. The van der Waals surface area contributed by atoms with Crippen molar-refractivity contribution in [2.75, 3.05) is 13.1 Å². The standard InChI is InChI=1S/C17H14Br2N4O6/c18-14-6-12(22(26)27)4-10(16(14)24)8-20-2-1-3-21-9-11-5-13(23(28)29)7-15(19)17(11)25/h4-9,24-25H,1-3H2. The van der Waals surface area contributed by atoms with Crippen molar-refractivity contribution < 1.29 is 20.1 Å². The average molecular weight is 530 g/mol. The zero-order valence-electron chi connectivity index (χ0n) is 14.7. The van der Waals surface area contributed by atoms with Crippen molar-refractivity contribution in [3.05, 3.63) is 64.6 Å². The number of benzene rings is 2. The Kier molecular flexibility index (Phi) is 7.79. The molecule has 0 saturated heterocycles. The minimum absolute atomic E-state index is 0.149. The number of non-ortho nitro benzene ring substituents is 2. The molecule has 2 aromatic carbocycles. The van der Waals surface area contributed by atoms with Crippen molar-refractivity contribution in [1.29, 1.82) is 0 Å². The number of phenolic OH excluding ortho intramolecular Hbond substituents is 2. The molecule has 0 spiro atoms. The molecular weight excluding hydrogens is 516 g/mol. The van der Waals surface area contributed by atoms with Crippen LogP contribution in [0.15, 0.2) is 43.2 Å². The molecule has 2 aromatic rings. The summed E-state index contributed by atoms with van der Waals surface area (Å²) in [7, 11) is 0. The van der Waals surface area contributed by atoms with Gasteiger partial charge in [-0.2, -0.15) is 0 Å². The predicted octanol–water partition coefficient (Wildman–Crippen LogP) is 4.37. The van der Waals surface area contributed by atoms with E-state index in [-0.39, 0.29) is 42.9 Å². The van der Waals surface area contributed by atoms with Gasteiger partial charge in [-0.05, 0) is 38.3 Å². The van der Waals surface area contributed by atoms with Crippen LogP contribution in [0.5, 0.6) is 11.5 Å². The Morgan fingerprint density at radius 3 is 1.55 bits per heavy atom. The van der Waals surface area contributed by atoms with Crippen LogP contribution in [0, 0.1) is 20.2 Å². The Morgan fingerprint density at radius 1 is 0.828 bits per heavy atom. The molecule has 0 amide bonds. The number of rotatable bonds is 8. The lowest BCUT2D eigenvalue weighted by atomic mass is 10.2. The molecule has 0 aliphatic rings. The van der Waals surface area contributed by atoms with Gasteiger partial charge in [0.1, 0.15) is 11.5 Å². The van der Waals surface area contributed by atoms with Crippen LogP contribution < -0.4 is 0 Å². The van der Waals surface area contributed by atoms with E-state index in [1.54, 1.807) is 0 Å². The summed E-state index contributed by atoms with van der Waals surface area (Å²) in [6.07, 6.45) is 3.18. The molecule has 0 aromatic heterocycles. The smallest absolute Gasteiger partial charge is 0.271 e. The lowest BCUT2D eigenvalue weighted by Gasteiger charge is -2.02. The van der Waals surface area contributed by atoms with E-state index >= 15 is 0 Å². The van der Waals surface area contributed by atoms with Gasteiger partial charge in [0.05, 0.1) is 18.8 Å². The van der Waals surface area contributed by atoms with E-state index in [0.29, 0.717) is 19.5 Å². The Labute approximate surface area is 181 Å². The van der Waals surface area contributed by atoms with Gasteiger partial charge in [0, 0.05) is 60.9 Å². The normalized spacial score (nSPS) is 11.4. The minimum Gasteiger partial charge on any atom is -0.506 e. The van der Waals surface area contributed by atoms with Gasteiger partial charge in [-0.3, -0.25) is 30.2 Å². The minimum atomic E-state index is -0.571. The highest BCUT2D eigenvalue weighted by molar-refractivity contribution is 9.10. The molecule has 29 heavy (non-hydrogen) atoms. The van der Waals surface area contributed by atoms with Crippen molar-refractivity contribution >= 4 is 55.7 Å². The number of nitro benzene ring substituents is 2. The molecule has 2 rings (SSSR count). The first kappa shape index (κ1) is 22.4. The lowest BCUT2D eigenvalue weighted by Crippen LogP contribution is -1.94. The summed E-state index contributed by atoms with van der Waals surface area (Å²) in [6.45, 7) is 0.670. The fraction of sp³-hybridized carbons (Fsp3) is 0.176. The number of phenols is 2. The average Bonchev–Trinajstić information content (AvgIpc) is 2.66. The van der Waals surface area contributed by atoms with Crippen LogP contribution in [0.3, 0.4) is 0 Å². The number of aliphatic imine (C=N–C) groups is 2. The molecule has 2 N–H and O–H groups in total. The van der Waals surface area contributed by atoms with Crippen LogP contribution in [0.25, 0.3) is 0 Å². The van der Waals surface area contributed by atoms with Crippen molar-refractivity contribution in [2.24, 2.45) is 9.98 Å². The molecule has 0 unspecified atom stereocenters. The van der Waals surface area contributed by atoms with Crippen molar-refractivity contribution in [1.82, 2.24) is 0 Å². The number of aromatic hydroxyl groups is 2. The van der Waals surface area contributed by atoms with Crippen LogP contribution >= 0.6 is 31.9 Å². The van der Waals surface area contributed by atoms with Crippen LogP contribution in [0.2, 0.25) is 0 Å². The van der Waals surface area contributed by atoms with Gasteiger partial charge in [0.25, 0.3) is 11.4 Å². The number of nitro groups is 2. The van der Waals surface area contributed by atoms with Gasteiger partial charge < -0.3 is 10.2 Å². The van der Waals surface area contributed by atoms with Gasteiger partial charge in [-0.15, -0.1) is 0 Å². The second-order valence-electron chi connectivity index (χ2n) is 5.67. The van der Waals surface area contributed by atoms with E-state index < -0.39 is 9.85 Å². The van der Waals surface area contributed by atoms with E-state index in [4.69, 9.17) is 0 Å². The zero-order valence-corrected chi connectivity index (χ0v) is 17.8. The summed E-state index contributed by atoms with van der Waals surface area (Å²) in [4.78, 5) is 28.8. The van der Waals surface area contributed by atoms with Gasteiger partial charge in [0.15, 0.2) is 0 Å². The molecule has 0 aliphatic heterocycles. The van der Waals surface area contributed by atoms with E-state index in [0.717, 1.165) is 0 Å². The Bertz CT molecular complexity index is 930. The molecule has 12 heteroatoms. The van der Waals surface area contributed by atoms with Crippen LogP contribution in [-0.2, 0) is 0 Å². The summed E-state index contributed by atoms with van der Waals surface area (Å²) >= 11 is 6.11. The van der Waals surface area contributed by atoms with Crippen molar-refractivity contribution in [3.8, 4) is 11.5 Å². The topological polar surface area (TPSA) is 151 Å². The molecule has 0 aliphatic carbocycles. The number of hydrogen-bond donors (Lipinski definition) is 2. The highest BCUT2D eigenvalue weighted by Crippen LogP contribution is 2.32. The second kappa shape index (κ2) is 10.1. The monoisotopic (exact) mass is 528 g/mol. The van der Waals surface area contributed by atoms with E-state index in [9.17, 15) is 30.4 Å². The number of halogens is 2. The third-order valence-corrected chi connectivity index (χ3v) is 4.82. The van der Waals surface area contributed by atoms with E-state index in [1.165, 1.54) is 36.7 Å². The van der Waals surface area contributed by atoms with E-state index in [1.807, 2.05) is 0 Å². The maximum Gasteiger partial charge on any atom is 0.271 e. The highest BCUT2D eigenvalue weighted by Gasteiger charge is 2.14. The lowest BCUT2D eigenvalue weighted by molar-refractivity contribution is -0.385. The molecule has 0 fully saturated rings. The van der Waals surface area contributed by atoms with Gasteiger partial charge in [0.2, 0.25) is 0 Å². The molecule has 0 radical (unpaired) electrons. The predicted molar refractivity (Wildman–Crippen MR) is 114 cm³/mol. The molecular formula is C17H14Br2N4O6. The summed E-state index contributed by atoms with van der Waals surface area (Å²) in [6, 6.07) is 4.82. The number of nitrogens with zero attached hydrogens (tertiary/aromatic N) is 4. The second-order valence-corrected chi connectivity index (χ2v) is 7.38. The number of hydrogen-bond acceptors (Lipinski definition) is 8. The highest BCUT2D eigenvalue weighted by atomic mass is 79.9. The van der Waals surface area contributed by atoms with Gasteiger partial charge >= 0.3 is 0 Å². The SMILES string of the molecule is O=[N+]([O-])c1cc(Br)c(O)c(C=NCCCN=Cc2cc([N+](=O)[O-])cc(Br)c2O)c1. The van der Waals surface area contributed by atoms with E-state index in [2.05, 4.69) is 41.8 Å².